The van der Waals surface area contributed by atoms with Crippen LogP contribution >= 0.6 is 0 Å². The Morgan fingerprint density at radius 3 is 2.19 bits per heavy atom. The number of urea groups is 1. The van der Waals surface area contributed by atoms with Gasteiger partial charge in [-0.1, -0.05) is 38.1 Å². The number of ether oxygens (including phenoxy) is 1. The number of hydrogen-bond donors (Lipinski definition) is 2. The van der Waals surface area contributed by atoms with E-state index < -0.39 is 17.8 Å². The van der Waals surface area contributed by atoms with E-state index in [-0.39, 0.29) is 12.0 Å². The van der Waals surface area contributed by atoms with Crippen molar-refractivity contribution in [3.05, 3.63) is 71.5 Å². The summed E-state index contributed by atoms with van der Waals surface area (Å²) in [7, 11) is 0. The van der Waals surface area contributed by atoms with Crippen molar-refractivity contribution in [3.8, 4) is 5.75 Å². The van der Waals surface area contributed by atoms with Gasteiger partial charge in [0.15, 0.2) is 5.82 Å². The number of alkyl halides is 3. The molecule has 0 spiro atoms. The Hall–Kier alpha value is -3.49. The maximum absolute atomic E-state index is 12.6. The molecule has 0 aliphatic heterocycles. The number of hydrogen-bond acceptors (Lipinski definition) is 4. The lowest BCUT2D eigenvalue weighted by Crippen LogP contribution is -2.19. The number of carbonyl (C=O) groups excluding carboxylic acids is 1. The van der Waals surface area contributed by atoms with Crippen LogP contribution in [0.25, 0.3) is 0 Å². The number of amides is 2. The summed E-state index contributed by atoms with van der Waals surface area (Å²) in [6, 6.07) is 12.5. The summed E-state index contributed by atoms with van der Waals surface area (Å²) < 4.78 is 48.6. The Bertz CT molecular complexity index is 1020. The molecule has 1 heterocycles. The van der Waals surface area contributed by atoms with E-state index in [2.05, 4.69) is 15.8 Å². The predicted molar refractivity (Wildman–Crippen MR) is 110 cm³/mol. The molecule has 2 amide bonds. The summed E-state index contributed by atoms with van der Waals surface area (Å²) in [4.78, 5) is 12.1. The molecule has 9 heteroatoms. The second-order valence-electron chi connectivity index (χ2n) is 7.91. The second-order valence-corrected chi connectivity index (χ2v) is 7.91. The Morgan fingerprint density at radius 1 is 1.00 bits per heavy atom. The monoisotopic (exact) mass is 433 g/mol. The zero-order valence-corrected chi connectivity index (χ0v) is 17.2. The van der Waals surface area contributed by atoms with Crippen molar-refractivity contribution in [1.29, 1.82) is 0 Å². The van der Waals surface area contributed by atoms with E-state index in [1.807, 2.05) is 20.8 Å². The molecule has 0 aliphatic rings. The first-order valence-corrected chi connectivity index (χ1v) is 9.45. The molecule has 0 fully saturated rings. The van der Waals surface area contributed by atoms with Gasteiger partial charge in [-0.15, -0.1) is 0 Å². The number of halogens is 3. The summed E-state index contributed by atoms with van der Waals surface area (Å²) in [6.07, 6.45) is -4.36. The van der Waals surface area contributed by atoms with Gasteiger partial charge in [0, 0.05) is 17.2 Å². The molecule has 0 saturated heterocycles. The summed E-state index contributed by atoms with van der Waals surface area (Å²) in [6.45, 7) is 6.03. The maximum Gasteiger partial charge on any atom is 0.416 e. The average Bonchev–Trinajstić information content (AvgIpc) is 3.16. The lowest BCUT2D eigenvalue weighted by atomic mass is 9.93. The molecule has 2 aromatic carbocycles. The minimum absolute atomic E-state index is 0.119. The minimum Gasteiger partial charge on any atom is -0.489 e. The van der Waals surface area contributed by atoms with Gasteiger partial charge in [0.05, 0.1) is 5.56 Å². The first-order chi connectivity index (χ1) is 14.5. The highest BCUT2D eigenvalue weighted by Gasteiger charge is 2.29. The Labute approximate surface area is 177 Å². The topological polar surface area (TPSA) is 76.4 Å². The van der Waals surface area contributed by atoms with Gasteiger partial charge in [0.25, 0.3) is 0 Å². The van der Waals surface area contributed by atoms with Gasteiger partial charge in [-0.05, 0) is 42.0 Å². The highest BCUT2D eigenvalue weighted by Crippen LogP contribution is 2.29. The fraction of sp³-hybridized carbons (Fsp3) is 0.273. The fourth-order valence-corrected chi connectivity index (χ4v) is 2.56. The van der Waals surface area contributed by atoms with E-state index in [4.69, 9.17) is 9.26 Å². The van der Waals surface area contributed by atoms with E-state index in [1.54, 1.807) is 30.3 Å². The highest BCUT2D eigenvalue weighted by atomic mass is 19.4. The van der Waals surface area contributed by atoms with Crippen LogP contribution in [0.3, 0.4) is 0 Å². The van der Waals surface area contributed by atoms with Crippen LogP contribution in [0.2, 0.25) is 0 Å². The summed E-state index contributed by atoms with van der Waals surface area (Å²) in [5.41, 5.74) is 0.209. The molecule has 3 aromatic rings. The molecule has 1 aromatic heterocycles. The molecule has 0 bridgehead atoms. The molecule has 0 aliphatic carbocycles. The number of nitrogens with one attached hydrogen (secondary N) is 2. The Balaban J connectivity index is 1.50. The Kier molecular flexibility index (Phi) is 6.24. The number of rotatable bonds is 5. The molecule has 0 atom stereocenters. The number of carbonyl (C=O) groups is 1. The molecular weight excluding hydrogens is 411 g/mol. The van der Waals surface area contributed by atoms with Gasteiger partial charge in [-0.25, -0.2) is 4.79 Å². The van der Waals surface area contributed by atoms with Crippen LogP contribution in [-0.4, -0.2) is 11.2 Å². The number of aromatic nitrogens is 1. The third-order valence-electron chi connectivity index (χ3n) is 4.29. The van der Waals surface area contributed by atoms with E-state index in [9.17, 15) is 18.0 Å². The van der Waals surface area contributed by atoms with Gasteiger partial charge in [0.1, 0.15) is 18.1 Å². The standard InChI is InChI=1S/C22H22F3N3O3/c1-21(2,3)18-12-19(28-31-18)27-20(29)26-16-8-10-17(11-9-16)30-13-14-4-6-15(7-5-14)22(23,24)25/h4-12H,13H2,1-3H3,(H2,26,27,28,29). The maximum atomic E-state index is 12.6. The Morgan fingerprint density at radius 2 is 1.65 bits per heavy atom. The van der Waals surface area contributed by atoms with Gasteiger partial charge in [-0.2, -0.15) is 13.2 Å². The normalized spacial score (nSPS) is 11.8. The predicted octanol–water partition coefficient (Wildman–Crippen LogP) is 6.21. The summed E-state index contributed by atoms with van der Waals surface area (Å²) in [5, 5.41) is 9.08. The van der Waals surface area contributed by atoms with Gasteiger partial charge < -0.3 is 14.6 Å². The van der Waals surface area contributed by atoms with Gasteiger partial charge in [0.2, 0.25) is 0 Å². The minimum atomic E-state index is -4.36. The van der Waals surface area contributed by atoms with Crippen molar-refractivity contribution in [3.63, 3.8) is 0 Å². The van der Waals surface area contributed by atoms with E-state index >= 15 is 0 Å². The second kappa shape index (κ2) is 8.71. The fourth-order valence-electron chi connectivity index (χ4n) is 2.56. The zero-order valence-electron chi connectivity index (χ0n) is 17.2. The molecule has 0 unspecified atom stereocenters. The van der Waals surface area contributed by atoms with Crippen LogP contribution in [0.5, 0.6) is 5.75 Å². The SMILES string of the molecule is CC(C)(C)c1cc(NC(=O)Nc2ccc(OCc3ccc(C(F)(F)F)cc3)cc2)no1. The zero-order chi connectivity index (χ0) is 22.6. The van der Waals surface area contributed by atoms with Crippen LogP contribution in [0, 0.1) is 0 Å². The summed E-state index contributed by atoms with van der Waals surface area (Å²) in [5.74, 6) is 1.47. The van der Waals surface area contributed by atoms with Crippen LogP contribution in [-0.2, 0) is 18.2 Å². The van der Waals surface area contributed by atoms with Crippen molar-refractivity contribution < 1.29 is 27.2 Å². The van der Waals surface area contributed by atoms with Crippen LogP contribution in [0.15, 0.2) is 59.1 Å². The molecule has 0 radical (unpaired) electrons. The molecule has 164 valence electrons. The molecule has 3 rings (SSSR count). The molecule has 2 N–H and O–H groups in total. The largest absolute Gasteiger partial charge is 0.489 e. The highest BCUT2D eigenvalue weighted by molar-refractivity contribution is 5.99. The van der Waals surface area contributed by atoms with Gasteiger partial charge >= 0.3 is 12.2 Å². The first kappa shape index (κ1) is 22.2. The summed E-state index contributed by atoms with van der Waals surface area (Å²) >= 11 is 0. The molecular formula is C22H22F3N3O3. The van der Waals surface area contributed by atoms with Crippen molar-refractivity contribution >= 4 is 17.5 Å². The lowest BCUT2D eigenvalue weighted by Gasteiger charge is -2.12. The average molecular weight is 433 g/mol. The van der Waals surface area contributed by atoms with Crippen LogP contribution < -0.4 is 15.4 Å². The first-order valence-electron chi connectivity index (χ1n) is 9.45. The van der Waals surface area contributed by atoms with E-state index in [0.29, 0.717) is 28.6 Å². The van der Waals surface area contributed by atoms with Crippen molar-refractivity contribution in [2.24, 2.45) is 0 Å². The molecule has 31 heavy (non-hydrogen) atoms. The lowest BCUT2D eigenvalue weighted by molar-refractivity contribution is -0.137. The molecule has 6 nitrogen and oxygen atoms in total. The number of benzene rings is 2. The van der Waals surface area contributed by atoms with Crippen molar-refractivity contribution in [1.82, 2.24) is 5.16 Å². The quantitative estimate of drug-likeness (QED) is 0.501. The van der Waals surface area contributed by atoms with E-state index in [1.165, 1.54) is 12.1 Å². The third-order valence-corrected chi connectivity index (χ3v) is 4.29. The molecule has 0 saturated carbocycles. The van der Waals surface area contributed by atoms with Crippen molar-refractivity contribution in [2.45, 2.75) is 39.0 Å². The van der Waals surface area contributed by atoms with Gasteiger partial charge in [-0.3, -0.25) is 5.32 Å². The third kappa shape index (κ3) is 6.24. The smallest absolute Gasteiger partial charge is 0.416 e. The van der Waals surface area contributed by atoms with Crippen LogP contribution in [0.4, 0.5) is 29.5 Å². The number of nitrogens with zero attached hydrogens (tertiary/aromatic N) is 1. The van der Waals surface area contributed by atoms with Crippen LogP contribution in [0.1, 0.15) is 37.7 Å². The number of anilines is 2. The van der Waals surface area contributed by atoms with E-state index in [0.717, 1.165) is 12.1 Å². The van der Waals surface area contributed by atoms with Crippen molar-refractivity contribution in [2.75, 3.05) is 10.6 Å².